The molecule has 1 saturated carbocycles. The second-order valence-corrected chi connectivity index (χ2v) is 9.88. The third-order valence-electron chi connectivity index (χ3n) is 6.49. The molecular formula is C25H40N2O2. The number of hydrogen-bond acceptors (Lipinski definition) is 3. The van der Waals surface area contributed by atoms with E-state index in [2.05, 4.69) is 37.9 Å². The zero-order chi connectivity index (χ0) is 21.0. The predicted octanol–water partition coefficient (Wildman–Crippen LogP) is 5.30. The minimum atomic E-state index is -0.263. The number of rotatable bonds is 8. The number of epoxide rings is 1. The van der Waals surface area contributed by atoms with Gasteiger partial charge in [0.2, 0.25) is 0 Å². The quantitative estimate of drug-likeness (QED) is 0.476. The van der Waals surface area contributed by atoms with Crippen molar-refractivity contribution in [2.24, 2.45) is 5.92 Å². The van der Waals surface area contributed by atoms with Crippen molar-refractivity contribution in [3.63, 3.8) is 0 Å². The van der Waals surface area contributed by atoms with E-state index in [0.29, 0.717) is 5.92 Å². The molecule has 3 rings (SSSR count). The Morgan fingerprint density at radius 3 is 2.52 bits per heavy atom. The summed E-state index contributed by atoms with van der Waals surface area (Å²) in [5.41, 5.74) is 1.60. The summed E-state index contributed by atoms with van der Waals surface area (Å²) in [5.74, 6) is 0.660. The number of unbranched alkanes of at least 4 members (excludes halogenated alkanes) is 1. The fraction of sp³-hybridized carbons (Fsp3) is 0.720. The second-order valence-electron chi connectivity index (χ2n) is 9.88. The molecule has 3 atom stereocenters. The minimum absolute atomic E-state index is 0.0861. The molecule has 4 heteroatoms. The van der Waals surface area contributed by atoms with Crippen molar-refractivity contribution in [1.82, 2.24) is 10.2 Å². The van der Waals surface area contributed by atoms with Gasteiger partial charge in [0, 0.05) is 11.1 Å². The van der Waals surface area contributed by atoms with E-state index in [4.69, 9.17) is 4.74 Å². The molecule has 0 bridgehead atoms. The lowest BCUT2D eigenvalue weighted by Crippen LogP contribution is -2.57. The van der Waals surface area contributed by atoms with Gasteiger partial charge in [0.25, 0.3) is 5.91 Å². The van der Waals surface area contributed by atoms with Crippen LogP contribution in [0.3, 0.4) is 0 Å². The van der Waals surface area contributed by atoms with E-state index in [1.165, 1.54) is 38.5 Å². The van der Waals surface area contributed by atoms with E-state index < -0.39 is 0 Å². The molecule has 2 fully saturated rings. The summed E-state index contributed by atoms with van der Waals surface area (Å²) in [7, 11) is 0. The molecule has 29 heavy (non-hydrogen) atoms. The lowest BCUT2D eigenvalue weighted by molar-refractivity contribution is 0.0182. The molecule has 1 amide bonds. The summed E-state index contributed by atoms with van der Waals surface area (Å²) in [6.45, 7) is 11.7. The zero-order valence-corrected chi connectivity index (χ0v) is 19.0. The molecule has 1 aromatic rings. The molecule has 3 unspecified atom stereocenters. The summed E-state index contributed by atoms with van der Waals surface area (Å²) >= 11 is 0. The normalized spacial score (nSPS) is 23.6. The molecule has 162 valence electrons. The molecular weight excluding hydrogens is 360 g/mol. The van der Waals surface area contributed by atoms with Crippen LogP contribution in [0.5, 0.6) is 0 Å². The maximum absolute atomic E-state index is 13.8. The monoisotopic (exact) mass is 400 g/mol. The zero-order valence-electron chi connectivity index (χ0n) is 19.0. The number of hydrogen-bond donors (Lipinski definition) is 1. The van der Waals surface area contributed by atoms with Gasteiger partial charge in [-0.1, -0.05) is 50.8 Å². The van der Waals surface area contributed by atoms with Crippen LogP contribution in [0.4, 0.5) is 0 Å². The fourth-order valence-corrected chi connectivity index (χ4v) is 4.90. The smallest absolute Gasteiger partial charge is 0.254 e. The largest absolute Gasteiger partial charge is 0.351 e. The Kier molecular flexibility index (Phi) is 7.39. The number of amides is 1. The first-order valence-corrected chi connectivity index (χ1v) is 11.6. The Bertz CT molecular complexity index is 676. The van der Waals surface area contributed by atoms with Crippen LogP contribution >= 0.6 is 0 Å². The van der Waals surface area contributed by atoms with Crippen LogP contribution in [-0.2, 0) is 4.74 Å². The van der Waals surface area contributed by atoms with Crippen LogP contribution in [0.15, 0.2) is 24.3 Å². The lowest BCUT2D eigenvalue weighted by Gasteiger charge is -2.46. The average Bonchev–Trinajstić information content (AvgIpc) is 3.45. The average molecular weight is 401 g/mol. The van der Waals surface area contributed by atoms with Gasteiger partial charge in [-0.15, -0.1) is 0 Å². The van der Waals surface area contributed by atoms with E-state index >= 15 is 0 Å². The highest BCUT2D eigenvalue weighted by molar-refractivity contribution is 5.96. The molecule has 1 aromatic carbocycles. The van der Waals surface area contributed by atoms with Crippen molar-refractivity contribution < 1.29 is 9.53 Å². The molecule has 4 nitrogen and oxygen atoms in total. The summed E-state index contributed by atoms with van der Waals surface area (Å²) in [6.07, 6.45) is 8.75. The first kappa shape index (κ1) is 22.3. The number of nitrogens with one attached hydrogen (secondary N) is 1. The Labute approximate surface area is 177 Å². The van der Waals surface area contributed by atoms with Crippen LogP contribution in [-0.4, -0.2) is 41.3 Å². The molecule has 0 spiro atoms. The van der Waals surface area contributed by atoms with Gasteiger partial charge in [-0.3, -0.25) is 10.1 Å². The molecule has 1 saturated heterocycles. The van der Waals surface area contributed by atoms with Gasteiger partial charge in [0.1, 0.15) is 12.3 Å². The first-order chi connectivity index (χ1) is 13.8. The van der Waals surface area contributed by atoms with Crippen molar-refractivity contribution in [1.29, 1.82) is 0 Å². The Morgan fingerprint density at radius 2 is 1.90 bits per heavy atom. The van der Waals surface area contributed by atoms with Crippen molar-refractivity contribution >= 4 is 5.91 Å². The molecule has 1 aliphatic carbocycles. The molecule has 2 aliphatic rings. The second kappa shape index (κ2) is 9.61. The number of carbonyl (C=O) groups excluding carboxylic acids is 1. The van der Waals surface area contributed by atoms with Crippen molar-refractivity contribution in [3.05, 3.63) is 35.4 Å². The van der Waals surface area contributed by atoms with E-state index in [1.807, 2.05) is 31.2 Å². The third-order valence-corrected chi connectivity index (χ3v) is 6.49. The van der Waals surface area contributed by atoms with Gasteiger partial charge in [-0.05, 0) is 71.0 Å². The fourth-order valence-electron chi connectivity index (χ4n) is 4.90. The molecule has 1 N–H and O–H groups in total. The molecule has 0 aromatic heterocycles. The molecule has 1 aliphatic heterocycles. The van der Waals surface area contributed by atoms with E-state index in [1.54, 1.807) is 0 Å². The Morgan fingerprint density at radius 1 is 1.21 bits per heavy atom. The van der Waals surface area contributed by atoms with Gasteiger partial charge >= 0.3 is 0 Å². The van der Waals surface area contributed by atoms with Gasteiger partial charge in [0.15, 0.2) is 0 Å². The maximum atomic E-state index is 13.8. The standard InChI is InChI=1S/C25H40N2O2/c1-6-7-17-26-23-22(29-23)21(19-14-9-8-10-15-19)27(25(3,4)5)24(28)20-16-12-11-13-18(20)2/h11-13,16,19,21-23,26H,6-10,14-15,17H2,1-5H3. The number of nitrogens with zero attached hydrogens (tertiary/aromatic N) is 1. The van der Waals surface area contributed by atoms with Crippen LogP contribution < -0.4 is 5.32 Å². The van der Waals surface area contributed by atoms with Crippen LogP contribution in [0.2, 0.25) is 0 Å². The summed E-state index contributed by atoms with van der Waals surface area (Å²) in [6, 6.07) is 8.11. The highest BCUT2D eigenvalue weighted by Crippen LogP contribution is 2.41. The van der Waals surface area contributed by atoms with Gasteiger partial charge in [-0.2, -0.15) is 0 Å². The van der Waals surface area contributed by atoms with Crippen LogP contribution in [0, 0.1) is 12.8 Å². The van der Waals surface area contributed by atoms with Crippen molar-refractivity contribution in [2.45, 2.75) is 103 Å². The van der Waals surface area contributed by atoms with Crippen LogP contribution in [0.25, 0.3) is 0 Å². The summed E-state index contributed by atoms with van der Waals surface area (Å²) < 4.78 is 6.17. The molecule has 0 radical (unpaired) electrons. The Hall–Kier alpha value is -1.39. The van der Waals surface area contributed by atoms with Gasteiger partial charge in [-0.25, -0.2) is 0 Å². The summed E-state index contributed by atoms with van der Waals surface area (Å²) in [5, 5.41) is 3.56. The van der Waals surface area contributed by atoms with E-state index in [-0.39, 0.29) is 29.8 Å². The van der Waals surface area contributed by atoms with Crippen molar-refractivity contribution in [3.8, 4) is 0 Å². The SMILES string of the molecule is CCCCNC1OC1C(C1CCCCC1)N(C(=O)c1ccccc1C)C(C)(C)C. The molecule has 1 heterocycles. The maximum Gasteiger partial charge on any atom is 0.254 e. The number of carbonyl (C=O) groups is 1. The van der Waals surface area contributed by atoms with Crippen LogP contribution in [0.1, 0.15) is 88.6 Å². The highest BCUT2D eigenvalue weighted by atomic mass is 16.6. The van der Waals surface area contributed by atoms with Gasteiger partial charge in [0.05, 0.1) is 6.04 Å². The minimum Gasteiger partial charge on any atom is -0.351 e. The van der Waals surface area contributed by atoms with Crippen molar-refractivity contribution in [2.75, 3.05) is 6.54 Å². The Balaban J connectivity index is 1.89. The third kappa shape index (κ3) is 5.40. The number of aryl methyl sites for hydroxylation is 1. The lowest BCUT2D eigenvalue weighted by atomic mass is 9.80. The summed E-state index contributed by atoms with van der Waals surface area (Å²) in [4.78, 5) is 16.0. The predicted molar refractivity (Wildman–Crippen MR) is 119 cm³/mol. The topological polar surface area (TPSA) is 44.9 Å². The van der Waals surface area contributed by atoms with E-state index in [9.17, 15) is 4.79 Å². The highest BCUT2D eigenvalue weighted by Gasteiger charge is 2.53. The van der Waals surface area contributed by atoms with E-state index in [0.717, 1.165) is 24.1 Å². The van der Waals surface area contributed by atoms with Gasteiger partial charge < -0.3 is 9.64 Å². The number of ether oxygens (including phenoxy) is 1. The first-order valence-electron chi connectivity index (χ1n) is 11.6. The number of benzene rings is 1.